The van der Waals surface area contributed by atoms with Crippen molar-refractivity contribution in [1.29, 1.82) is 0 Å². The first-order valence-electron chi connectivity index (χ1n) is 12.1. The molecule has 0 aliphatic heterocycles. The lowest BCUT2D eigenvalue weighted by atomic mass is 10.0. The highest BCUT2D eigenvalue weighted by Crippen LogP contribution is 2.35. The van der Waals surface area contributed by atoms with E-state index in [4.69, 9.17) is 0 Å². The molecule has 0 saturated heterocycles. The van der Waals surface area contributed by atoms with Gasteiger partial charge in [0.25, 0.3) is 17.4 Å². The maximum absolute atomic E-state index is 15.5. The minimum atomic E-state index is -4.87. The minimum Gasteiger partial charge on any atom is -0.355 e. The zero-order chi connectivity index (χ0) is 29.5. The van der Waals surface area contributed by atoms with Gasteiger partial charge in [-0.2, -0.15) is 32.1 Å². The highest BCUT2D eigenvalue weighted by Gasteiger charge is 2.36. The van der Waals surface area contributed by atoms with Crippen LogP contribution in [0.15, 0.2) is 78.0 Å². The summed E-state index contributed by atoms with van der Waals surface area (Å²) in [7, 11) is 2.94. The maximum atomic E-state index is 15.5. The van der Waals surface area contributed by atoms with Crippen molar-refractivity contribution >= 4 is 16.8 Å². The number of amides is 1. The molecule has 5 rings (SSSR count). The van der Waals surface area contributed by atoms with E-state index < -0.39 is 46.8 Å². The molecule has 210 valence electrons. The number of nitrogens with zero attached hydrogens (tertiary/aromatic N) is 5. The summed E-state index contributed by atoms with van der Waals surface area (Å²) < 4.78 is 74.1. The Morgan fingerprint density at radius 2 is 1.71 bits per heavy atom. The van der Waals surface area contributed by atoms with Gasteiger partial charge < -0.3 is 5.32 Å². The minimum absolute atomic E-state index is 0.109. The molecule has 8 nitrogen and oxygen atoms in total. The van der Waals surface area contributed by atoms with E-state index in [0.717, 1.165) is 23.8 Å². The molecule has 0 radical (unpaired) electrons. The molecule has 0 bridgehead atoms. The predicted octanol–water partition coefficient (Wildman–Crippen LogP) is 5.03. The van der Waals surface area contributed by atoms with Crippen LogP contribution in [0, 0.1) is 0 Å². The van der Waals surface area contributed by atoms with E-state index in [0.29, 0.717) is 27.2 Å². The SMILES string of the molecule is CNC(=O)c1ccc(-c2ccc(=O)n(CC(F)(F)c3ccc4ncc(-c5cnn(C)c5)cc4c3)n2)cc1C(F)(F)F. The Morgan fingerprint density at radius 1 is 0.927 bits per heavy atom. The molecule has 0 aliphatic rings. The van der Waals surface area contributed by atoms with Gasteiger partial charge in [0.2, 0.25) is 0 Å². The van der Waals surface area contributed by atoms with Crippen LogP contribution in [-0.4, -0.2) is 37.5 Å². The van der Waals surface area contributed by atoms with Crippen molar-refractivity contribution in [3.63, 3.8) is 0 Å². The van der Waals surface area contributed by atoms with Gasteiger partial charge in [0.15, 0.2) is 0 Å². The monoisotopic (exact) mass is 568 g/mol. The Hall–Kier alpha value is -4.94. The molecule has 1 amide bonds. The number of aryl methyl sites for hydroxylation is 1. The average Bonchev–Trinajstić information content (AvgIpc) is 3.38. The average molecular weight is 569 g/mol. The Kier molecular flexibility index (Phi) is 6.89. The van der Waals surface area contributed by atoms with E-state index in [-0.39, 0.29) is 11.3 Å². The van der Waals surface area contributed by atoms with Gasteiger partial charge >= 0.3 is 6.18 Å². The summed E-state index contributed by atoms with van der Waals surface area (Å²) in [5, 5.41) is 10.6. The molecule has 1 N–H and O–H groups in total. The molecular formula is C28H21F5N6O2. The summed E-state index contributed by atoms with van der Waals surface area (Å²) in [5.74, 6) is -4.52. The molecule has 3 heterocycles. The molecule has 0 aliphatic carbocycles. The van der Waals surface area contributed by atoms with Gasteiger partial charge in [0.1, 0.15) is 6.54 Å². The number of fused-ring (bicyclic) bond motifs is 1. The number of hydrogen-bond acceptors (Lipinski definition) is 5. The van der Waals surface area contributed by atoms with Crippen LogP contribution in [0.4, 0.5) is 22.0 Å². The third-order valence-electron chi connectivity index (χ3n) is 6.45. The Bertz CT molecular complexity index is 1840. The van der Waals surface area contributed by atoms with E-state index in [1.165, 1.54) is 31.3 Å². The topological polar surface area (TPSA) is 94.7 Å². The lowest BCUT2D eigenvalue weighted by molar-refractivity contribution is -0.137. The first-order valence-corrected chi connectivity index (χ1v) is 12.1. The van der Waals surface area contributed by atoms with Gasteiger partial charge in [0.05, 0.1) is 28.5 Å². The number of carbonyl (C=O) groups is 1. The first kappa shape index (κ1) is 27.6. The molecule has 41 heavy (non-hydrogen) atoms. The van der Waals surface area contributed by atoms with Crippen molar-refractivity contribution in [3.8, 4) is 22.4 Å². The number of benzene rings is 2. The fourth-order valence-electron chi connectivity index (χ4n) is 4.35. The number of halogens is 5. The van der Waals surface area contributed by atoms with Gasteiger partial charge in [0, 0.05) is 60.2 Å². The van der Waals surface area contributed by atoms with Crippen molar-refractivity contribution in [1.82, 2.24) is 29.9 Å². The van der Waals surface area contributed by atoms with Gasteiger partial charge in [-0.1, -0.05) is 12.1 Å². The highest BCUT2D eigenvalue weighted by atomic mass is 19.4. The summed E-state index contributed by atoms with van der Waals surface area (Å²) in [6, 6.07) is 10.5. The second-order valence-corrected chi connectivity index (χ2v) is 9.29. The van der Waals surface area contributed by atoms with Crippen LogP contribution in [0.5, 0.6) is 0 Å². The summed E-state index contributed by atoms with van der Waals surface area (Å²) in [6.45, 7) is -1.16. The number of aromatic nitrogens is 5. The van der Waals surface area contributed by atoms with Crippen molar-refractivity contribution < 1.29 is 26.7 Å². The molecular weight excluding hydrogens is 547 g/mol. The maximum Gasteiger partial charge on any atom is 0.417 e. The largest absolute Gasteiger partial charge is 0.417 e. The van der Waals surface area contributed by atoms with E-state index in [2.05, 4.69) is 20.5 Å². The molecule has 13 heteroatoms. The second kappa shape index (κ2) is 10.2. The van der Waals surface area contributed by atoms with E-state index in [1.54, 1.807) is 36.4 Å². The molecule has 0 unspecified atom stereocenters. The van der Waals surface area contributed by atoms with Gasteiger partial charge in [-0.25, -0.2) is 4.68 Å². The first-order chi connectivity index (χ1) is 19.4. The molecule has 5 aromatic rings. The van der Waals surface area contributed by atoms with Gasteiger partial charge in [-0.3, -0.25) is 19.3 Å². The quantitative estimate of drug-likeness (QED) is 0.290. The zero-order valence-electron chi connectivity index (χ0n) is 21.6. The van der Waals surface area contributed by atoms with Crippen LogP contribution < -0.4 is 10.9 Å². The number of hydrogen-bond donors (Lipinski definition) is 1. The summed E-state index contributed by atoms with van der Waals surface area (Å²) in [6.07, 6.45) is 0.116. The lowest BCUT2D eigenvalue weighted by Gasteiger charge is -2.19. The van der Waals surface area contributed by atoms with E-state index in [9.17, 15) is 22.8 Å². The molecule has 0 saturated carbocycles. The number of pyridine rings is 1. The fourth-order valence-corrected chi connectivity index (χ4v) is 4.35. The Morgan fingerprint density at radius 3 is 2.39 bits per heavy atom. The third-order valence-corrected chi connectivity index (χ3v) is 6.45. The second-order valence-electron chi connectivity index (χ2n) is 9.29. The normalized spacial score (nSPS) is 12.1. The molecule has 2 aromatic carbocycles. The van der Waals surface area contributed by atoms with E-state index >= 15 is 8.78 Å². The smallest absolute Gasteiger partial charge is 0.355 e. The van der Waals surface area contributed by atoms with Crippen molar-refractivity contribution in [2.24, 2.45) is 7.05 Å². The summed E-state index contributed by atoms with van der Waals surface area (Å²) in [5.41, 5.74) is -1.46. The molecule has 3 aromatic heterocycles. The number of nitrogens with one attached hydrogen (secondary N) is 1. The zero-order valence-corrected chi connectivity index (χ0v) is 21.6. The summed E-state index contributed by atoms with van der Waals surface area (Å²) >= 11 is 0. The Balaban J connectivity index is 1.49. The fraction of sp³-hybridized carbons (Fsp3) is 0.179. The van der Waals surface area contributed by atoms with E-state index in [1.807, 2.05) is 0 Å². The Labute approximate surface area is 229 Å². The molecule has 0 fully saturated rings. The van der Waals surface area contributed by atoms with Crippen LogP contribution in [0.25, 0.3) is 33.3 Å². The van der Waals surface area contributed by atoms with Gasteiger partial charge in [-0.15, -0.1) is 0 Å². The number of alkyl halides is 5. The number of carbonyl (C=O) groups excluding carboxylic acids is 1. The van der Waals surface area contributed by atoms with Crippen LogP contribution in [0.1, 0.15) is 21.5 Å². The number of rotatable bonds is 6. The van der Waals surface area contributed by atoms with Crippen molar-refractivity contribution in [2.75, 3.05) is 7.05 Å². The standard InChI is InChI=1S/C28H21F5N6O2/c1-34-26(41)21-5-3-16(11-22(21)28(31,32)33)24-7-8-25(40)39(37-24)15-27(29,30)20-4-6-23-17(10-20)9-18(12-35-23)19-13-36-38(2)14-19/h3-14H,15H2,1-2H3,(H,34,41). The summed E-state index contributed by atoms with van der Waals surface area (Å²) in [4.78, 5) is 28.7. The van der Waals surface area contributed by atoms with Gasteiger partial charge in [-0.05, 0) is 36.4 Å². The predicted molar refractivity (Wildman–Crippen MR) is 140 cm³/mol. The molecule has 0 atom stereocenters. The third kappa shape index (κ3) is 5.55. The van der Waals surface area contributed by atoms with Crippen molar-refractivity contribution in [2.45, 2.75) is 18.6 Å². The van der Waals surface area contributed by atoms with Crippen molar-refractivity contribution in [3.05, 3.63) is 100 Å². The highest BCUT2D eigenvalue weighted by molar-refractivity contribution is 5.96. The van der Waals surface area contributed by atoms with Crippen LogP contribution in [0.2, 0.25) is 0 Å². The van der Waals surface area contributed by atoms with Crippen LogP contribution in [0.3, 0.4) is 0 Å². The van der Waals surface area contributed by atoms with Crippen LogP contribution in [-0.2, 0) is 25.7 Å². The lowest BCUT2D eigenvalue weighted by Crippen LogP contribution is -2.31. The van der Waals surface area contributed by atoms with Crippen LogP contribution >= 0.6 is 0 Å². The molecule has 0 spiro atoms.